The molecule has 1 aromatic rings. The van der Waals surface area contributed by atoms with Crippen molar-refractivity contribution in [3.63, 3.8) is 0 Å². The molecule has 0 saturated carbocycles. The minimum Gasteiger partial charge on any atom is -0.344 e. The molecule has 15 heteroatoms. The smallest absolute Gasteiger partial charge is 0.339 e. The first kappa shape index (κ1) is 25.8. The topological polar surface area (TPSA) is 175 Å². The van der Waals surface area contributed by atoms with Crippen LogP contribution >= 0.6 is 22.6 Å². The zero-order chi connectivity index (χ0) is 22.6. The van der Waals surface area contributed by atoms with Crippen molar-refractivity contribution >= 4 is 22.6 Å². The van der Waals surface area contributed by atoms with E-state index in [1.807, 2.05) is 0 Å². The molecule has 0 radical (unpaired) electrons. The zero-order valence-corrected chi connectivity index (χ0v) is 19.4. The van der Waals surface area contributed by atoms with Crippen molar-refractivity contribution in [2.75, 3.05) is 51.7 Å². The van der Waals surface area contributed by atoms with Crippen LogP contribution in [0.1, 0.15) is 11.4 Å². The molecule has 0 aromatic carbocycles. The Morgan fingerprint density at radius 2 is 1.17 bits per heavy atom. The minimum atomic E-state index is -4.33. The molecule has 30 heavy (non-hydrogen) atoms. The summed E-state index contributed by atoms with van der Waals surface area (Å²) in [5, 5.41) is 0. The Kier molecular flexibility index (Phi) is 8.96. The fourth-order valence-electron chi connectivity index (χ4n) is 3.27. The Balaban J connectivity index is 2.32. The Morgan fingerprint density at radius 1 is 0.767 bits per heavy atom. The molecule has 0 spiro atoms. The first-order chi connectivity index (χ1) is 13.7. The molecule has 0 amide bonds. The SMILES string of the molecule is CP(=O)(O)CN1CCN(CP(=O)(O)O)Cc2cccc(n2)CN(CP(=O)(O)O)CC1. The van der Waals surface area contributed by atoms with Crippen molar-refractivity contribution < 1.29 is 38.2 Å². The van der Waals surface area contributed by atoms with Crippen molar-refractivity contribution in [3.8, 4) is 0 Å². The fourth-order valence-corrected chi connectivity index (χ4v) is 5.82. The molecule has 1 unspecified atom stereocenters. The monoisotopic (exact) mass is 486 g/mol. The van der Waals surface area contributed by atoms with E-state index >= 15 is 0 Å². The summed E-state index contributed by atoms with van der Waals surface area (Å²) in [4.78, 5) is 56.6. The summed E-state index contributed by atoms with van der Waals surface area (Å²) in [5.41, 5.74) is 1.13. The Labute approximate surface area is 175 Å². The highest BCUT2D eigenvalue weighted by Gasteiger charge is 2.25. The van der Waals surface area contributed by atoms with E-state index in [1.165, 1.54) is 6.66 Å². The van der Waals surface area contributed by atoms with Crippen LogP contribution < -0.4 is 0 Å². The minimum absolute atomic E-state index is 0.135. The second kappa shape index (κ2) is 10.4. The van der Waals surface area contributed by atoms with Gasteiger partial charge >= 0.3 is 15.2 Å². The van der Waals surface area contributed by atoms with Gasteiger partial charge < -0.3 is 24.5 Å². The highest BCUT2D eigenvalue weighted by molar-refractivity contribution is 7.57. The van der Waals surface area contributed by atoms with E-state index in [9.17, 15) is 38.2 Å². The van der Waals surface area contributed by atoms with Gasteiger partial charge in [-0.1, -0.05) is 6.07 Å². The molecule has 1 aliphatic heterocycles. The first-order valence-corrected chi connectivity index (χ1v) is 15.1. The van der Waals surface area contributed by atoms with E-state index in [1.54, 1.807) is 32.9 Å². The first-order valence-electron chi connectivity index (χ1n) is 9.19. The Morgan fingerprint density at radius 3 is 1.53 bits per heavy atom. The lowest BCUT2D eigenvalue weighted by atomic mass is 10.2. The van der Waals surface area contributed by atoms with Crippen LogP contribution in [0.5, 0.6) is 0 Å². The van der Waals surface area contributed by atoms with Crippen LogP contribution in [0.3, 0.4) is 0 Å². The van der Waals surface area contributed by atoms with Gasteiger partial charge in [0.2, 0.25) is 7.37 Å². The van der Waals surface area contributed by atoms with Crippen LogP contribution in [0.15, 0.2) is 18.2 Å². The van der Waals surface area contributed by atoms with E-state index in [-0.39, 0.29) is 45.6 Å². The molecule has 5 N–H and O–H groups in total. The maximum atomic E-state index is 11.9. The molecule has 2 rings (SSSR count). The maximum Gasteiger partial charge on any atom is 0.339 e. The molecule has 0 fully saturated rings. The number of aromatic nitrogens is 1. The van der Waals surface area contributed by atoms with E-state index in [0.29, 0.717) is 11.4 Å². The summed E-state index contributed by atoms with van der Waals surface area (Å²) in [6.07, 6.45) is -1.08. The van der Waals surface area contributed by atoms with Gasteiger partial charge in [-0.2, -0.15) is 0 Å². The third-order valence-electron chi connectivity index (χ3n) is 4.33. The average molecular weight is 486 g/mol. The van der Waals surface area contributed by atoms with Crippen LogP contribution in [0.25, 0.3) is 0 Å². The molecule has 0 saturated heterocycles. The third-order valence-corrected chi connectivity index (χ3v) is 6.79. The second-order valence-corrected chi connectivity index (χ2v) is 13.3. The van der Waals surface area contributed by atoms with E-state index in [2.05, 4.69) is 4.98 Å². The lowest BCUT2D eigenvalue weighted by molar-refractivity contribution is 0.185. The Hall–Kier alpha value is -0.480. The molecule has 1 aliphatic rings. The lowest BCUT2D eigenvalue weighted by Gasteiger charge is -2.31. The molecule has 172 valence electrons. The van der Waals surface area contributed by atoms with Crippen molar-refractivity contribution in [3.05, 3.63) is 29.6 Å². The van der Waals surface area contributed by atoms with Gasteiger partial charge in [-0.3, -0.25) is 33.4 Å². The largest absolute Gasteiger partial charge is 0.344 e. The van der Waals surface area contributed by atoms with Crippen molar-refractivity contribution in [2.24, 2.45) is 0 Å². The molecule has 2 bridgehead atoms. The highest BCUT2D eigenvalue weighted by Crippen LogP contribution is 2.38. The van der Waals surface area contributed by atoms with E-state index < -0.39 is 35.1 Å². The summed E-state index contributed by atoms with van der Waals surface area (Å²) >= 11 is 0. The van der Waals surface area contributed by atoms with Crippen molar-refractivity contribution in [1.82, 2.24) is 19.7 Å². The lowest BCUT2D eigenvalue weighted by Crippen LogP contribution is -2.41. The van der Waals surface area contributed by atoms with Gasteiger partial charge in [0.1, 0.15) is 12.6 Å². The number of nitrogens with zero attached hydrogens (tertiary/aromatic N) is 4. The maximum absolute atomic E-state index is 11.9. The summed E-state index contributed by atoms with van der Waals surface area (Å²) in [5.74, 6) is 0. The van der Waals surface area contributed by atoms with Gasteiger partial charge in [0.05, 0.1) is 17.7 Å². The van der Waals surface area contributed by atoms with Gasteiger partial charge in [0, 0.05) is 45.9 Å². The fraction of sp³-hybridized carbons (Fsp3) is 0.667. The summed E-state index contributed by atoms with van der Waals surface area (Å²) in [6, 6.07) is 5.15. The Bertz CT molecular complexity index is 801. The predicted molar refractivity (Wildman–Crippen MR) is 111 cm³/mol. The van der Waals surface area contributed by atoms with Gasteiger partial charge in [0.25, 0.3) is 0 Å². The van der Waals surface area contributed by atoms with Crippen molar-refractivity contribution in [1.29, 1.82) is 0 Å². The normalized spacial score (nSPS) is 20.9. The molecule has 12 nitrogen and oxygen atoms in total. The molecule has 1 atom stereocenters. The van der Waals surface area contributed by atoms with Crippen LogP contribution in [0, 0.1) is 0 Å². The second-order valence-electron chi connectivity index (χ2n) is 7.65. The number of rotatable bonds is 6. The van der Waals surface area contributed by atoms with E-state index in [0.717, 1.165) is 0 Å². The quantitative estimate of drug-likeness (QED) is 0.344. The summed E-state index contributed by atoms with van der Waals surface area (Å²) in [7, 11) is -12.1. The molecule has 1 aromatic heterocycles. The number of hydrogen-bond donors (Lipinski definition) is 5. The van der Waals surface area contributed by atoms with Crippen LogP contribution in [0.4, 0.5) is 0 Å². The summed E-state index contributed by atoms with van der Waals surface area (Å²) in [6.45, 7) is 2.48. The third kappa shape index (κ3) is 10.7. The van der Waals surface area contributed by atoms with Crippen molar-refractivity contribution in [2.45, 2.75) is 13.1 Å². The molecular formula is C15H29N4O8P3. The number of pyridine rings is 1. The van der Waals surface area contributed by atoms with Gasteiger partial charge in [0.15, 0.2) is 0 Å². The molecular weight excluding hydrogens is 457 g/mol. The van der Waals surface area contributed by atoms with Gasteiger partial charge in [-0.25, -0.2) is 0 Å². The number of hydrogen-bond acceptors (Lipinski definition) is 7. The van der Waals surface area contributed by atoms with Crippen LogP contribution in [0.2, 0.25) is 0 Å². The molecule has 0 aliphatic carbocycles. The van der Waals surface area contributed by atoms with E-state index in [4.69, 9.17) is 0 Å². The number of fused-ring (bicyclic) bond motifs is 2. The highest BCUT2D eigenvalue weighted by atomic mass is 31.2. The predicted octanol–water partition coefficient (Wildman–Crippen LogP) is 0.129. The van der Waals surface area contributed by atoms with Crippen LogP contribution in [-0.2, 0) is 26.8 Å². The van der Waals surface area contributed by atoms with Crippen LogP contribution in [-0.4, -0.2) is 95.9 Å². The summed E-state index contributed by atoms with van der Waals surface area (Å²) < 4.78 is 35.0. The molecule has 2 heterocycles. The average Bonchev–Trinajstić information content (AvgIpc) is 2.52. The van der Waals surface area contributed by atoms with Gasteiger partial charge in [-0.15, -0.1) is 0 Å². The standard InChI is InChI=1S/C15H29N4O8P3/c1-28(20,21)11-17-5-7-18(12-29(22,23)24)9-14-3-2-4-15(16-14)10-19(8-6-17)13-30(25,26)27/h2-4H,5-13H2,1H3,(H,20,21)(H2,22,23,24)(H2,25,26,27). The van der Waals surface area contributed by atoms with Gasteiger partial charge in [-0.05, 0) is 12.1 Å². The zero-order valence-electron chi connectivity index (χ0n) is 16.7.